The molecule has 1 amide bonds. The van der Waals surface area contributed by atoms with Gasteiger partial charge in [-0.2, -0.15) is 0 Å². The average molecular weight is 313 g/mol. The van der Waals surface area contributed by atoms with E-state index in [0.29, 0.717) is 18.3 Å². The van der Waals surface area contributed by atoms with Crippen LogP contribution in [0.3, 0.4) is 0 Å². The van der Waals surface area contributed by atoms with Crippen LogP contribution in [0.5, 0.6) is 0 Å². The number of hydrogen-bond donors (Lipinski definition) is 2. The van der Waals surface area contributed by atoms with Crippen molar-refractivity contribution in [3.63, 3.8) is 0 Å². The molecule has 2 bridgehead atoms. The van der Waals surface area contributed by atoms with Gasteiger partial charge in [-0.1, -0.05) is 24.3 Å². The Morgan fingerprint density at radius 2 is 2.13 bits per heavy atom. The molecule has 0 aromatic heterocycles. The number of fused-ring (bicyclic) bond motifs is 2. The zero-order valence-corrected chi connectivity index (χ0v) is 14.1. The first-order valence-electron chi connectivity index (χ1n) is 8.68. The van der Waals surface area contributed by atoms with E-state index in [1.165, 1.54) is 12.8 Å². The van der Waals surface area contributed by atoms with Gasteiger partial charge in [-0.05, 0) is 75.0 Å². The monoisotopic (exact) mass is 313 g/mol. The van der Waals surface area contributed by atoms with E-state index in [-0.39, 0.29) is 5.91 Å². The van der Waals surface area contributed by atoms with E-state index in [4.69, 9.17) is 0 Å². The summed E-state index contributed by atoms with van der Waals surface area (Å²) in [4.78, 5) is 12.4. The Bertz CT molecular complexity index is 600. The molecule has 124 valence electrons. The normalized spacial score (nSPS) is 25.8. The third-order valence-corrected chi connectivity index (χ3v) is 5.16. The first-order chi connectivity index (χ1) is 10.9. The predicted octanol–water partition coefficient (Wildman–Crippen LogP) is 3.33. The fraction of sp³-hybridized carbons (Fsp3) is 0.550. The first-order valence-corrected chi connectivity index (χ1v) is 8.68. The highest BCUT2D eigenvalue weighted by Gasteiger charge is 2.35. The van der Waals surface area contributed by atoms with Crippen molar-refractivity contribution in [2.24, 2.45) is 17.8 Å². The third kappa shape index (κ3) is 4.23. The Morgan fingerprint density at radius 3 is 2.78 bits per heavy atom. The van der Waals surface area contributed by atoms with Crippen molar-refractivity contribution in [1.29, 1.82) is 0 Å². The fourth-order valence-electron chi connectivity index (χ4n) is 3.77. The van der Waals surface area contributed by atoms with Crippen molar-refractivity contribution < 1.29 is 9.90 Å². The summed E-state index contributed by atoms with van der Waals surface area (Å²) in [6.45, 7) is 4.40. The quantitative estimate of drug-likeness (QED) is 0.791. The minimum Gasteiger partial charge on any atom is -0.390 e. The Morgan fingerprint density at radius 1 is 1.30 bits per heavy atom. The van der Waals surface area contributed by atoms with Crippen LogP contribution in [0.15, 0.2) is 36.4 Å². The molecule has 2 aliphatic carbocycles. The Hall–Kier alpha value is -1.61. The average Bonchev–Trinajstić information content (AvgIpc) is 3.13. The van der Waals surface area contributed by atoms with Crippen molar-refractivity contribution in [2.45, 2.75) is 45.1 Å². The maximum absolute atomic E-state index is 12.4. The number of aliphatic hydroxyl groups is 1. The number of benzene rings is 1. The number of carbonyl (C=O) groups is 1. The molecule has 3 rings (SSSR count). The van der Waals surface area contributed by atoms with Gasteiger partial charge in [0, 0.05) is 12.1 Å². The molecule has 23 heavy (non-hydrogen) atoms. The van der Waals surface area contributed by atoms with Gasteiger partial charge in [0.15, 0.2) is 0 Å². The van der Waals surface area contributed by atoms with Crippen LogP contribution in [0.25, 0.3) is 0 Å². The maximum Gasteiger partial charge on any atom is 0.251 e. The van der Waals surface area contributed by atoms with Gasteiger partial charge in [0.2, 0.25) is 0 Å². The van der Waals surface area contributed by atoms with E-state index < -0.39 is 5.60 Å². The van der Waals surface area contributed by atoms with Crippen molar-refractivity contribution in [1.82, 2.24) is 5.32 Å². The van der Waals surface area contributed by atoms with Gasteiger partial charge in [-0.15, -0.1) is 0 Å². The molecule has 0 radical (unpaired) electrons. The second kappa shape index (κ2) is 6.48. The molecule has 3 nitrogen and oxygen atoms in total. The number of allylic oxidation sites excluding steroid dienone is 2. The Labute approximate surface area is 138 Å². The van der Waals surface area contributed by atoms with E-state index in [1.807, 2.05) is 38.1 Å². The third-order valence-electron chi connectivity index (χ3n) is 5.16. The molecule has 0 saturated heterocycles. The van der Waals surface area contributed by atoms with Gasteiger partial charge in [-0.3, -0.25) is 4.79 Å². The van der Waals surface area contributed by atoms with Crippen LogP contribution in [-0.2, 0) is 6.42 Å². The van der Waals surface area contributed by atoms with Crippen LogP contribution >= 0.6 is 0 Å². The van der Waals surface area contributed by atoms with Crippen molar-refractivity contribution in [2.75, 3.05) is 6.54 Å². The van der Waals surface area contributed by atoms with Crippen molar-refractivity contribution in [3.8, 4) is 0 Å². The Kier molecular flexibility index (Phi) is 4.58. The molecule has 1 saturated carbocycles. The van der Waals surface area contributed by atoms with Crippen molar-refractivity contribution in [3.05, 3.63) is 47.5 Å². The van der Waals surface area contributed by atoms with Crippen LogP contribution in [0.1, 0.15) is 49.0 Å². The molecule has 1 fully saturated rings. The molecule has 2 aliphatic rings. The maximum atomic E-state index is 12.4. The minimum atomic E-state index is -0.673. The lowest BCUT2D eigenvalue weighted by Gasteiger charge is -2.19. The van der Waals surface area contributed by atoms with Gasteiger partial charge in [-0.25, -0.2) is 0 Å². The van der Waals surface area contributed by atoms with Crippen LogP contribution in [-0.4, -0.2) is 23.2 Å². The lowest BCUT2D eigenvalue weighted by molar-refractivity contribution is 0.0714. The summed E-state index contributed by atoms with van der Waals surface area (Å²) < 4.78 is 0. The number of carbonyl (C=O) groups excluding carboxylic acids is 1. The standard InChI is InChI=1S/C20H27NO2/c1-20(2,23)9-8-14-4-3-5-17(10-14)19(22)21-13-18-12-15-6-7-16(18)11-15/h3-7,10,15-16,18,23H,8-9,11-13H2,1-2H3,(H,21,22)/t15-,16+,18+/m1/s1. The van der Waals surface area contributed by atoms with Crippen molar-refractivity contribution >= 4 is 5.91 Å². The minimum absolute atomic E-state index is 0.0156. The van der Waals surface area contributed by atoms with E-state index in [0.717, 1.165) is 30.0 Å². The van der Waals surface area contributed by atoms with Gasteiger partial charge in [0.1, 0.15) is 0 Å². The zero-order valence-electron chi connectivity index (χ0n) is 14.1. The number of amides is 1. The van der Waals surface area contributed by atoms with Crippen LogP contribution < -0.4 is 5.32 Å². The number of rotatable bonds is 6. The smallest absolute Gasteiger partial charge is 0.251 e. The summed E-state index contributed by atoms with van der Waals surface area (Å²) in [7, 11) is 0. The highest BCUT2D eigenvalue weighted by Crippen LogP contribution is 2.42. The lowest BCUT2D eigenvalue weighted by Crippen LogP contribution is -2.31. The highest BCUT2D eigenvalue weighted by atomic mass is 16.3. The Balaban J connectivity index is 1.54. The van der Waals surface area contributed by atoms with Gasteiger partial charge in [0.25, 0.3) is 5.91 Å². The molecule has 0 spiro atoms. The molecule has 0 heterocycles. The molecule has 3 heteroatoms. The summed E-state index contributed by atoms with van der Waals surface area (Å²) in [5.74, 6) is 2.03. The number of nitrogens with one attached hydrogen (secondary N) is 1. The van der Waals surface area contributed by atoms with Crippen LogP contribution in [0.4, 0.5) is 0 Å². The van der Waals surface area contributed by atoms with E-state index in [9.17, 15) is 9.90 Å². The second-order valence-electron chi connectivity index (χ2n) is 7.76. The van der Waals surface area contributed by atoms with E-state index >= 15 is 0 Å². The van der Waals surface area contributed by atoms with E-state index in [1.54, 1.807) is 0 Å². The molecule has 2 N–H and O–H groups in total. The highest BCUT2D eigenvalue weighted by molar-refractivity contribution is 5.94. The fourth-order valence-corrected chi connectivity index (χ4v) is 3.77. The molecule has 3 atom stereocenters. The topological polar surface area (TPSA) is 49.3 Å². The lowest BCUT2D eigenvalue weighted by atomic mass is 9.93. The molecule has 1 aromatic carbocycles. The molecule has 1 aromatic rings. The molecule has 0 aliphatic heterocycles. The largest absolute Gasteiger partial charge is 0.390 e. The van der Waals surface area contributed by atoms with Gasteiger partial charge >= 0.3 is 0 Å². The first kappa shape index (κ1) is 16.3. The summed E-state index contributed by atoms with van der Waals surface area (Å²) in [6.07, 6.45) is 8.61. The number of aryl methyl sites for hydroxylation is 1. The predicted molar refractivity (Wildman–Crippen MR) is 92.2 cm³/mol. The summed E-state index contributed by atoms with van der Waals surface area (Å²) in [5, 5.41) is 12.9. The summed E-state index contributed by atoms with van der Waals surface area (Å²) in [6, 6.07) is 7.75. The van der Waals surface area contributed by atoms with E-state index in [2.05, 4.69) is 17.5 Å². The summed E-state index contributed by atoms with van der Waals surface area (Å²) >= 11 is 0. The SMILES string of the molecule is CC(C)(O)CCc1cccc(C(=O)NC[C@@H]2C[C@@H]3C=C[C@H]2C3)c1. The summed E-state index contributed by atoms with van der Waals surface area (Å²) in [5.41, 5.74) is 1.15. The van der Waals surface area contributed by atoms with Crippen LogP contribution in [0.2, 0.25) is 0 Å². The second-order valence-corrected chi connectivity index (χ2v) is 7.76. The van der Waals surface area contributed by atoms with Crippen LogP contribution in [0, 0.1) is 17.8 Å². The molecule has 0 unspecified atom stereocenters. The number of hydrogen-bond acceptors (Lipinski definition) is 2. The molecular weight excluding hydrogens is 286 g/mol. The van der Waals surface area contributed by atoms with Gasteiger partial charge < -0.3 is 10.4 Å². The van der Waals surface area contributed by atoms with Gasteiger partial charge in [0.05, 0.1) is 5.60 Å². The zero-order chi connectivity index (χ0) is 16.4. The molecular formula is C20H27NO2.